The molecule has 0 N–H and O–H groups in total. The molecular formula is C16H22O3. The van der Waals surface area contributed by atoms with Gasteiger partial charge in [-0.05, 0) is 23.1 Å². The van der Waals surface area contributed by atoms with E-state index in [1.807, 2.05) is 6.07 Å². The fraction of sp³-hybridized carbons (Fsp3) is 0.500. The molecule has 2 unspecified atom stereocenters. The zero-order valence-corrected chi connectivity index (χ0v) is 12.1. The van der Waals surface area contributed by atoms with Gasteiger partial charge in [-0.3, -0.25) is 0 Å². The molecule has 3 heteroatoms. The summed E-state index contributed by atoms with van der Waals surface area (Å²) in [6.07, 6.45) is 1.72. The second-order valence-electron chi connectivity index (χ2n) is 5.78. The number of ether oxygens (including phenoxy) is 3. The number of hydrogen-bond donors (Lipinski definition) is 0. The Balaban J connectivity index is 2.36. The van der Waals surface area contributed by atoms with Crippen molar-refractivity contribution >= 4 is 0 Å². The van der Waals surface area contributed by atoms with Crippen molar-refractivity contribution < 1.29 is 14.2 Å². The lowest BCUT2D eigenvalue weighted by molar-refractivity contribution is -0.228. The summed E-state index contributed by atoms with van der Waals surface area (Å²) in [6.45, 7) is 10.3. The molecule has 0 bridgehead atoms. The second-order valence-corrected chi connectivity index (χ2v) is 5.78. The summed E-state index contributed by atoms with van der Waals surface area (Å²) in [6, 6.07) is 6.20. The Kier molecular flexibility index (Phi) is 3.97. The highest BCUT2D eigenvalue weighted by Crippen LogP contribution is 2.38. The third kappa shape index (κ3) is 2.99. The minimum atomic E-state index is -0.379. The zero-order valence-electron chi connectivity index (χ0n) is 12.1. The van der Waals surface area contributed by atoms with Crippen LogP contribution in [-0.4, -0.2) is 13.4 Å². The van der Waals surface area contributed by atoms with E-state index in [0.29, 0.717) is 6.42 Å². The van der Waals surface area contributed by atoms with E-state index in [2.05, 4.69) is 39.5 Å². The van der Waals surface area contributed by atoms with E-state index in [4.69, 9.17) is 14.2 Å². The van der Waals surface area contributed by atoms with Crippen LogP contribution in [0.1, 0.15) is 44.6 Å². The number of fused-ring (bicyclic) bond motifs is 1. The quantitative estimate of drug-likeness (QED) is 0.772. The predicted molar refractivity (Wildman–Crippen MR) is 75.2 cm³/mol. The molecule has 1 aliphatic heterocycles. The lowest BCUT2D eigenvalue weighted by atomic mass is 9.86. The molecular weight excluding hydrogens is 240 g/mol. The first-order valence-corrected chi connectivity index (χ1v) is 6.56. The van der Waals surface area contributed by atoms with Crippen LogP contribution in [-0.2, 0) is 14.9 Å². The van der Waals surface area contributed by atoms with Crippen molar-refractivity contribution in [3.8, 4) is 5.75 Å². The molecule has 0 aliphatic carbocycles. The van der Waals surface area contributed by atoms with Crippen molar-refractivity contribution in [3.63, 3.8) is 0 Å². The van der Waals surface area contributed by atoms with Crippen molar-refractivity contribution in [2.75, 3.05) is 7.11 Å². The number of rotatable bonds is 3. The highest BCUT2D eigenvalue weighted by molar-refractivity contribution is 5.41. The molecule has 0 aromatic heterocycles. The van der Waals surface area contributed by atoms with Crippen LogP contribution in [0, 0.1) is 0 Å². The summed E-state index contributed by atoms with van der Waals surface area (Å²) in [5, 5.41) is 0. The normalized spacial score (nSPS) is 22.5. The summed E-state index contributed by atoms with van der Waals surface area (Å²) < 4.78 is 17.0. The molecule has 1 aromatic carbocycles. The Bertz CT molecular complexity index is 460. The van der Waals surface area contributed by atoms with E-state index in [-0.39, 0.29) is 18.0 Å². The van der Waals surface area contributed by atoms with E-state index in [0.717, 1.165) is 11.3 Å². The van der Waals surface area contributed by atoms with Crippen LogP contribution in [0.3, 0.4) is 0 Å². The molecule has 2 atom stereocenters. The third-order valence-electron chi connectivity index (χ3n) is 3.24. The number of hydrogen-bond acceptors (Lipinski definition) is 3. The van der Waals surface area contributed by atoms with Gasteiger partial charge in [0.25, 0.3) is 0 Å². The Labute approximate surface area is 115 Å². The first-order chi connectivity index (χ1) is 8.95. The highest BCUT2D eigenvalue weighted by atomic mass is 16.8. The Morgan fingerprint density at radius 1 is 1.37 bits per heavy atom. The fourth-order valence-electron chi connectivity index (χ4n) is 2.11. The molecule has 1 aliphatic rings. The van der Waals surface area contributed by atoms with Gasteiger partial charge in [0.15, 0.2) is 6.29 Å². The maximum Gasteiger partial charge on any atom is 0.206 e. The van der Waals surface area contributed by atoms with E-state index in [1.54, 1.807) is 13.2 Å². The molecule has 0 saturated heterocycles. The average Bonchev–Trinajstić information content (AvgIpc) is 2.36. The van der Waals surface area contributed by atoms with Crippen molar-refractivity contribution in [2.45, 2.75) is 45.2 Å². The summed E-state index contributed by atoms with van der Waals surface area (Å²) in [4.78, 5) is 0. The van der Waals surface area contributed by atoms with Crippen LogP contribution < -0.4 is 4.74 Å². The Morgan fingerprint density at radius 2 is 2.11 bits per heavy atom. The monoisotopic (exact) mass is 262 g/mol. The van der Waals surface area contributed by atoms with Gasteiger partial charge in [0.05, 0.1) is 5.56 Å². The maximum absolute atomic E-state index is 5.80. The van der Waals surface area contributed by atoms with Gasteiger partial charge in [-0.2, -0.15) is 0 Å². The highest BCUT2D eigenvalue weighted by Gasteiger charge is 2.29. The van der Waals surface area contributed by atoms with Crippen molar-refractivity contribution in [1.29, 1.82) is 0 Å². The van der Waals surface area contributed by atoms with Crippen molar-refractivity contribution in [3.05, 3.63) is 42.0 Å². The van der Waals surface area contributed by atoms with E-state index < -0.39 is 0 Å². The Hall–Kier alpha value is -1.32. The third-order valence-corrected chi connectivity index (χ3v) is 3.24. The van der Waals surface area contributed by atoms with Crippen LogP contribution in [0.5, 0.6) is 5.75 Å². The van der Waals surface area contributed by atoms with E-state index >= 15 is 0 Å². The van der Waals surface area contributed by atoms with Gasteiger partial charge in [0, 0.05) is 13.5 Å². The molecule has 0 spiro atoms. The van der Waals surface area contributed by atoms with Crippen molar-refractivity contribution in [2.24, 2.45) is 0 Å². The maximum atomic E-state index is 5.80. The van der Waals surface area contributed by atoms with Gasteiger partial charge in [0.1, 0.15) is 5.75 Å². The first-order valence-electron chi connectivity index (χ1n) is 6.56. The van der Waals surface area contributed by atoms with Crippen LogP contribution in [0.25, 0.3) is 0 Å². The van der Waals surface area contributed by atoms with Crippen LogP contribution in [0.2, 0.25) is 0 Å². The largest absolute Gasteiger partial charge is 0.464 e. The van der Waals surface area contributed by atoms with Gasteiger partial charge in [-0.1, -0.05) is 32.9 Å². The smallest absolute Gasteiger partial charge is 0.206 e. The second kappa shape index (κ2) is 5.35. The van der Waals surface area contributed by atoms with Gasteiger partial charge in [0.2, 0.25) is 6.29 Å². The lowest BCUT2D eigenvalue weighted by Gasteiger charge is -2.32. The minimum absolute atomic E-state index is 0.0886. The molecule has 2 rings (SSSR count). The van der Waals surface area contributed by atoms with Crippen LogP contribution >= 0.6 is 0 Å². The van der Waals surface area contributed by atoms with Crippen LogP contribution in [0.4, 0.5) is 0 Å². The molecule has 0 amide bonds. The summed E-state index contributed by atoms with van der Waals surface area (Å²) in [7, 11) is 1.65. The first kappa shape index (κ1) is 14.1. The molecule has 3 nitrogen and oxygen atoms in total. The lowest BCUT2D eigenvalue weighted by Crippen LogP contribution is -2.29. The fourth-order valence-corrected chi connectivity index (χ4v) is 2.11. The number of methoxy groups -OCH3 is 1. The van der Waals surface area contributed by atoms with Crippen LogP contribution in [0.15, 0.2) is 30.9 Å². The number of benzene rings is 1. The van der Waals surface area contributed by atoms with E-state index in [1.165, 1.54) is 5.56 Å². The summed E-state index contributed by atoms with van der Waals surface area (Å²) in [5.74, 6) is 0.831. The van der Waals surface area contributed by atoms with Gasteiger partial charge in [-0.25, -0.2) is 0 Å². The summed E-state index contributed by atoms with van der Waals surface area (Å²) >= 11 is 0. The van der Waals surface area contributed by atoms with Gasteiger partial charge < -0.3 is 14.2 Å². The molecule has 0 fully saturated rings. The molecule has 1 heterocycles. The van der Waals surface area contributed by atoms with Crippen molar-refractivity contribution in [1.82, 2.24) is 0 Å². The standard InChI is InChI=1S/C16H22O3/c1-6-7-14-18-13-9-8-11(16(2,3)4)10-12(13)15(17-5)19-14/h6,8-10,14-15H,1,7H2,2-5H3. The molecule has 1 aromatic rings. The van der Waals surface area contributed by atoms with Gasteiger partial charge >= 0.3 is 0 Å². The zero-order chi connectivity index (χ0) is 14.0. The molecule has 0 radical (unpaired) electrons. The predicted octanol–water partition coefficient (Wildman–Crippen LogP) is 3.94. The topological polar surface area (TPSA) is 27.7 Å². The SMILES string of the molecule is C=CCC1Oc2ccc(C(C)(C)C)cc2C(OC)O1. The minimum Gasteiger partial charge on any atom is -0.464 e. The van der Waals surface area contributed by atoms with E-state index in [9.17, 15) is 0 Å². The molecule has 0 saturated carbocycles. The summed E-state index contributed by atoms with van der Waals surface area (Å²) in [5.41, 5.74) is 2.28. The molecule has 19 heavy (non-hydrogen) atoms. The average molecular weight is 262 g/mol. The van der Waals surface area contributed by atoms with Gasteiger partial charge in [-0.15, -0.1) is 6.58 Å². The molecule has 104 valence electrons. The Morgan fingerprint density at radius 3 is 2.68 bits per heavy atom.